The summed E-state index contributed by atoms with van der Waals surface area (Å²) in [4.78, 5) is 12.8. The van der Waals surface area contributed by atoms with Crippen LogP contribution >= 0.6 is 0 Å². The van der Waals surface area contributed by atoms with Crippen molar-refractivity contribution in [2.75, 3.05) is 33.7 Å². The molecule has 4 heteroatoms. The van der Waals surface area contributed by atoms with Crippen molar-refractivity contribution < 1.29 is 33.3 Å². The lowest BCUT2D eigenvalue weighted by Crippen LogP contribution is -3.00. The van der Waals surface area contributed by atoms with E-state index in [0.717, 1.165) is 48.3 Å². The smallest absolute Gasteiger partial charge is 0.226 e. The zero-order valence-electron chi connectivity index (χ0n) is 14.5. The molecule has 128 valence electrons. The van der Waals surface area contributed by atoms with Gasteiger partial charge in [0, 0.05) is 18.4 Å². The second-order valence-corrected chi connectivity index (χ2v) is 8.78. The van der Waals surface area contributed by atoms with Crippen LogP contribution in [0.1, 0.15) is 51.9 Å². The third-order valence-electron chi connectivity index (χ3n) is 6.60. The minimum atomic E-state index is 0. The summed E-state index contributed by atoms with van der Waals surface area (Å²) in [6.45, 7) is 5.40. The SMILES string of the molecule is CC[N+](C)(C)CCCNC(=O)C12CC3CC(CC(C3)C1)C2.[I-]. The van der Waals surface area contributed by atoms with Gasteiger partial charge in [-0.3, -0.25) is 4.79 Å². The molecule has 22 heavy (non-hydrogen) atoms. The molecule has 0 aromatic carbocycles. The highest BCUT2D eigenvalue weighted by Gasteiger charge is 2.54. The van der Waals surface area contributed by atoms with E-state index in [2.05, 4.69) is 26.3 Å². The first kappa shape index (κ1) is 18.5. The lowest BCUT2D eigenvalue weighted by molar-refractivity contribution is -0.888. The highest BCUT2D eigenvalue weighted by Crippen LogP contribution is 2.60. The fourth-order valence-corrected chi connectivity index (χ4v) is 5.44. The number of quaternary nitrogens is 1. The maximum atomic E-state index is 12.8. The molecule has 4 aliphatic carbocycles. The van der Waals surface area contributed by atoms with Gasteiger partial charge in [0.15, 0.2) is 0 Å². The third-order valence-corrected chi connectivity index (χ3v) is 6.60. The second kappa shape index (κ2) is 6.96. The van der Waals surface area contributed by atoms with E-state index in [1.54, 1.807) is 0 Å². The van der Waals surface area contributed by atoms with Crippen LogP contribution in [0.4, 0.5) is 0 Å². The number of carbonyl (C=O) groups excluding carboxylic acids is 1. The van der Waals surface area contributed by atoms with Crippen molar-refractivity contribution in [3.63, 3.8) is 0 Å². The molecule has 0 radical (unpaired) electrons. The number of hydrogen-bond acceptors (Lipinski definition) is 1. The Morgan fingerprint density at radius 1 is 1.09 bits per heavy atom. The number of amides is 1. The summed E-state index contributed by atoms with van der Waals surface area (Å²) in [5, 5.41) is 3.29. The first-order chi connectivity index (χ1) is 9.92. The third kappa shape index (κ3) is 3.80. The predicted molar refractivity (Wildman–Crippen MR) is 85.7 cm³/mol. The maximum Gasteiger partial charge on any atom is 0.226 e. The minimum absolute atomic E-state index is 0. The minimum Gasteiger partial charge on any atom is -1.00 e. The van der Waals surface area contributed by atoms with Gasteiger partial charge in [0.05, 0.1) is 27.2 Å². The molecule has 1 N–H and O–H groups in total. The summed E-state index contributed by atoms with van der Waals surface area (Å²) in [7, 11) is 4.53. The highest BCUT2D eigenvalue weighted by molar-refractivity contribution is 5.83. The van der Waals surface area contributed by atoms with Gasteiger partial charge in [-0.05, 0) is 63.2 Å². The van der Waals surface area contributed by atoms with Crippen LogP contribution in [0.3, 0.4) is 0 Å². The molecule has 0 aliphatic heterocycles. The van der Waals surface area contributed by atoms with Crippen molar-refractivity contribution in [1.29, 1.82) is 0 Å². The van der Waals surface area contributed by atoms with E-state index < -0.39 is 0 Å². The second-order valence-electron chi connectivity index (χ2n) is 8.78. The van der Waals surface area contributed by atoms with Crippen LogP contribution in [0.5, 0.6) is 0 Å². The summed E-state index contributed by atoms with van der Waals surface area (Å²) < 4.78 is 1.05. The van der Waals surface area contributed by atoms with Gasteiger partial charge in [0.1, 0.15) is 0 Å². The quantitative estimate of drug-likeness (QED) is 0.360. The van der Waals surface area contributed by atoms with Gasteiger partial charge in [-0.15, -0.1) is 0 Å². The van der Waals surface area contributed by atoms with Crippen molar-refractivity contribution in [3.05, 3.63) is 0 Å². The Labute approximate surface area is 153 Å². The van der Waals surface area contributed by atoms with Gasteiger partial charge < -0.3 is 33.8 Å². The van der Waals surface area contributed by atoms with E-state index in [9.17, 15) is 4.79 Å². The van der Waals surface area contributed by atoms with E-state index in [-0.39, 0.29) is 29.4 Å². The van der Waals surface area contributed by atoms with Crippen molar-refractivity contribution in [3.8, 4) is 0 Å². The van der Waals surface area contributed by atoms with Gasteiger partial charge in [-0.2, -0.15) is 0 Å². The standard InChI is InChI=1S/C18H32N2O.HI/c1-4-20(2,3)7-5-6-19-17(21)18-11-14-8-15(12-18)10-16(9-14)13-18;/h14-16H,4-13H2,1-3H3;1H. The Morgan fingerprint density at radius 2 is 1.59 bits per heavy atom. The molecular formula is C18H33IN2O. The van der Waals surface area contributed by atoms with Crippen LogP contribution in [0.25, 0.3) is 0 Å². The summed E-state index contributed by atoms with van der Waals surface area (Å²) in [6.07, 6.45) is 8.88. The van der Waals surface area contributed by atoms with E-state index in [4.69, 9.17) is 0 Å². The number of carbonyl (C=O) groups is 1. The van der Waals surface area contributed by atoms with Crippen LogP contribution in [0.2, 0.25) is 0 Å². The molecule has 4 aliphatic rings. The average Bonchev–Trinajstić information content (AvgIpc) is 2.42. The normalized spacial score (nSPS) is 36.0. The van der Waals surface area contributed by atoms with E-state index >= 15 is 0 Å². The molecule has 0 heterocycles. The molecule has 1 amide bonds. The number of rotatable bonds is 6. The Bertz CT molecular complexity index is 373. The summed E-state index contributed by atoms with van der Waals surface area (Å²) >= 11 is 0. The molecule has 4 fully saturated rings. The van der Waals surface area contributed by atoms with Crippen molar-refractivity contribution in [1.82, 2.24) is 5.32 Å². The van der Waals surface area contributed by atoms with Gasteiger partial charge in [0.2, 0.25) is 5.91 Å². The average molecular weight is 420 g/mol. The summed E-state index contributed by atoms with van der Waals surface area (Å²) in [6, 6.07) is 0. The first-order valence-electron chi connectivity index (χ1n) is 9.03. The Balaban J connectivity index is 0.00000176. The predicted octanol–water partition coefficient (Wildman–Crippen LogP) is -0.191. The molecule has 4 rings (SSSR count). The van der Waals surface area contributed by atoms with Crippen LogP contribution in [-0.2, 0) is 4.79 Å². The molecule has 3 nitrogen and oxygen atoms in total. The van der Waals surface area contributed by atoms with E-state index in [1.165, 1.54) is 38.5 Å². The maximum absolute atomic E-state index is 12.8. The summed E-state index contributed by atoms with van der Waals surface area (Å²) in [5.74, 6) is 2.97. The topological polar surface area (TPSA) is 29.1 Å². The van der Waals surface area contributed by atoms with E-state index in [0.29, 0.717) is 5.91 Å². The molecule has 4 saturated carbocycles. The van der Waals surface area contributed by atoms with Crippen LogP contribution in [-0.4, -0.2) is 44.1 Å². The molecule has 0 aromatic rings. The number of nitrogens with zero attached hydrogens (tertiary/aromatic N) is 1. The van der Waals surface area contributed by atoms with Crippen LogP contribution < -0.4 is 29.3 Å². The molecular weight excluding hydrogens is 387 g/mol. The number of halogens is 1. The Kier molecular flexibility index (Phi) is 5.85. The molecule has 0 unspecified atom stereocenters. The highest BCUT2D eigenvalue weighted by atomic mass is 127. The van der Waals surface area contributed by atoms with Crippen molar-refractivity contribution >= 4 is 5.91 Å². The number of nitrogens with one attached hydrogen (secondary N) is 1. The first-order valence-corrected chi connectivity index (χ1v) is 9.03. The van der Waals surface area contributed by atoms with Crippen molar-refractivity contribution in [2.24, 2.45) is 23.2 Å². The van der Waals surface area contributed by atoms with Gasteiger partial charge in [-0.1, -0.05) is 0 Å². The van der Waals surface area contributed by atoms with Gasteiger partial charge >= 0.3 is 0 Å². The van der Waals surface area contributed by atoms with Gasteiger partial charge in [0.25, 0.3) is 0 Å². The molecule has 0 atom stereocenters. The van der Waals surface area contributed by atoms with Gasteiger partial charge in [-0.25, -0.2) is 0 Å². The zero-order chi connectivity index (χ0) is 15.1. The number of hydrogen-bond donors (Lipinski definition) is 1. The van der Waals surface area contributed by atoms with Crippen LogP contribution in [0, 0.1) is 23.2 Å². The molecule has 0 aromatic heterocycles. The Morgan fingerprint density at radius 3 is 2.05 bits per heavy atom. The zero-order valence-corrected chi connectivity index (χ0v) is 16.7. The van der Waals surface area contributed by atoms with E-state index in [1.807, 2.05) is 0 Å². The lowest BCUT2D eigenvalue weighted by Gasteiger charge is -2.55. The fraction of sp³-hybridized carbons (Fsp3) is 0.944. The largest absolute Gasteiger partial charge is 1.00 e. The fourth-order valence-electron chi connectivity index (χ4n) is 5.44. The monoisotopic (exact) mass is 420 g/mol. The Hall–Kier alpha value is 0.160. The molecule has 0 spiro atoms. The molecule has 0 saturated heterocycles. The van der Waals surface area contributed by atoms with Crippen LogP contribution in [0.15, 0.2) is 0 Å². The van der Waals surface area contributed by atoms with Crippen molar-refractivity contribution in [2.45, 2.75) is 51.9 Å². The lowest BCUT2D eigenvalue weighted by atomic mass is 9.49. The molecule has 4 bridgehead atoms. The summed E-state index contributed by atoms with van der Waals surface area (Å²) in [5.41, 5.74) is 0.0316.